The summed E-state index contributed by atoms with van der Waals surface area (Å²) in [4.78, 5) is 25.8. The Hall–Kier alpha value is -3.79. The molecule has 10 nitrogen and oxygen atoms in total. The van der Waals surface area contributed by atoms with Crippen LogP contribution in [-0.4, -0.2) is 78.8 Å². The van der Waals surface area contributed by atoms with Crippen molar-refractivity contribution >= 4 is 17.7 Å². The predicted molar refractivity (Wildman–Crippen MR) is 149 cm³/mol. The number of aliphatic carboxylic acids is 2. The molecule has 10 heteroatoms. The van der Waals surface area contributed by atoms with Crippen molar-refractivity contribution in [1.82, 2.24) is 4.90 Å². The lowest BCUT2D eigenvalue weighted by Crippen LogP contribution is -2.46. The van der Waals surface area contributed by atoms with E-state index in [4.69, 9.17) is 39.0 Å². The summed E-state index contributed by atoms with van der Waals surface area (Å²) in [7, 11) is 5.03. The van der Waals surface area contributed by atoms with E-state index in [1.807, 2.05) is 12.1 Å². The first-order valence-electron chi connectivity index (χ1n) is 13.6. The lowest BCUT2D eigenvalue weighted by molar-refractivity contribution is -0.159. The number of phenolic OH excluding ortho intramolecular Hbond substituents is 1. The normalized spacial score (nSPS) is 21.4. The molecule has 3 heterocycles. The summed E-state index contributed by atoms with van der Waals surface area (Å²) in [5.74, 6) is -0.0821. The molecule has 0 spiro atoms. The SMILES string of the molecule is CC[C@H]1CN2CCc3cc(OC)c(OC)cc3[C@@H]2C[C@@H]1CC1=NCCc2cc(O)c(OC)cc21.O=C(O)C(=O)O. The van der Waals surface area contributed by atoms with Gasteiger partial charge in [-0.2, -0.15) is 0 Å². The monoisotopic (exact) mass is 554 g/mol. The summed E-state index contributed by atoms with van der Waals surface area (Å²) in [6.45, 7) is 5.32. The number of benzene rings is 2. The molecule has 1 saturated heterocycles. The van der Waals surface area contributed by atoms with Crippen molar-refractivity contribution in [3.05, 3.63) is 46.5 Å². The maximum absolute atomic E-state index is 10.3. The summed E-state index contributed by atoms with van der Waals surface area (Å²) in [6.07, 6.45) is 5.17. The van der Waals surface area contributed by atoms with E-state index in [0.29, 0.717) is 23.6 Å². The number of piperidine rings is 1. The maximum Gasteiger partial charge on any atom is 0.414 e. The van der Waals surface area contributed by atoms with E-state index in [1.54, 1.807) is 21.3 Å². The Balaban J connectivity index is 0.000000557. The molecule has 1 fully saturated rings. The summed E-state index contributed by atoms with van der Waals surface area (Å²) in [6, 6.07) is 8.61. The Bertz CT molecular complexity index is 1280. The molecular weight excluding hydrogens is 516 g/mol. The van der Waals surface area contributed by atoms with Crippen molar-refractivity contribution in [2.45, 2.75) is 45.1 Å². The highest BCUT2D eigenvalue weighted by atomic mass is 16.5. The van der Waals surface area contributed by atoms with Crippen molar-refractivity contribution in [3.63, 3.8) is 0 Å². The number of aliphatic imine (C=N–C) groups is 1. The third-order valence-electron chi connectivity index (χ3n) is 8.34. The van der Waals surface area contributed by atoms with E-state index in [2.05, 4.69) is 24.0 Å². The summed E-state index contributed by atoms with van der Waals surface area (Å²) < 4.78 is 16.6. The number of ether oxygens (including phenoxy) is 3. The lowest BCUT2D eigenvalue weighted by atomic mass is 9.73. The largest absolute Gasteiger partial charge is 0.504 e. The number of carboxylic acid groups (broad SMARTS) is 2. The highest BCUT2D eigenvalue weighted by Gasteiger charge is 2.39. The van der Waals surface area contributed by atoms with Crippen LogP contribution in [0.1, 0.15) is 54.5 Å². The first-order valence-corrected chi connectivity index (χ1v) is 13.6. The number of fused-ring (bicyclic) bond motifs is 4. The number of methoxy groups -OCH3 is 3. The van der Waals surface area contributed by atoms with E-state index >= 15 is 0 Å². The van der Waals surface area contributed by atoms with Crippen LogP contribution in [-0.2, 0) is 22.4 Å². The Morgan fingerprint density at radius 1 is 0.925 bits per heavy atom. The van der Waals surface area contributed by atoms with Gasteiger partial charge in [0.15, 0.2) is 23.0 Å². The smallest absolute Gasteiger partial charge is 0.414 e. The molecule has 0 bridgehead atoms. The minimum Gasteiger partial charge on any atom is -0.504 e. The molecule has 0 aromatic heterocycles. The number of rotatable bonds is 6. The number of hydrogen-bond donors (Lipinski definition) is 3. The number of nitrogens with zero attached hydrogens (tertiary/aromatic N) is 2. The first kappa shape index (κ1) is 29.2. The van der Waals surface area contributed by atoms with Gasteiger partial charge in [0.05, 0.1) is 21.3 Å². The number of phenols is 1. The second-order valence-corrected chi connectivity index (χ2v) is 10.4. The van der Waals surface area contributed by atoms with Gasteiger partial charge in [0.2, 0.25) is 0 Å². The zero-order valence-corrected chi connectivity index (χ0v) is 23.5. The van der Waals surface area contributed by atoms with E-state index in [1.165, 1.54) is 28.8 Å². The van der Waals surface area contributed by atoms with Gasteiger partial charge in [-0.1, -0.05) is 13.3 Å². The van der Waals surface area contributed by atoms with Gasteiger partial charge in [-0.05, 0) is 78.5 Å². The fourth-order valence-electron chi connectivity index (χ4n) is 6.29. The average molecular weight is 555 g/mol. The molecule has 3 atom stereocenters. The molecule has 5 rings (SSSR count). The minimum atomic E-state index is -1.82. The van der Waals surface area contributed by atoms with Crippen LogP contribution < -0.4 is 14.2 Å². The summed E-state index contributed by atoms with van der Waals surface area (Å²) in [5, 5.41) is 25.0. The zero-order valence-electron chi connectivity index (χ0n) is 23.5. The van der Waals surface area contributed by atoms with Gasteiger partial charge >= 0.3 is 11.9 Å². The molecule has 2 aromatic carbocycles. The zero-order chi connectivity index (χ0) is 29.0. The van der Waals surface area contributed by atoms with E-state index in [-0.39, 0.29) is 5.75 Å². The van der Waals surface area contributed by atoms with Crippen LogP contribution >= 0.6 is 0 Å². The van der Waals surface area contributed by atoms with Crippen LogP contribution in [0, 0.1) is 11.8 Å². The van der Waals surface area contributed by atoms with Crippen molar-refractivity contribution < 1.29 is 39.1 Å². The molecule has 0 radical (unpaired) electrons. The molecule has 216 valence electrons. The fourth-order valence-corrected chi connectivity index (χ4v) is 6.29. The molecule has 3 N–H and O–H groups in total. The second kappa shape index (κ2) is 12.6. The molecular formula is C30H38N2O8. The summed E-state index contributed by atoms with van der Waals surface area (Å²) in [5.41, 5.74) is 6.26. The van der Waals surface area contributed by atoms with Crippen LogP contribution in [0.5, 0.6) is 23.0 Å². The lowest BCUT2D eigenvalue weighted by Gasteiger charge is -2.47. The van der Waals surface area contributed by atoms with Gasteiger partial charge in [0.25, 0.3) is 0 Å². The second-order valence-electron chi connectivity index (χ2n) is 10.4. The number of carboxylic acids is 2. The van der Waals surface area contributed by atoms with Crippen molar-refractivity contribution in [2.75, 3.05) is 41.0 Å². The van der Waals surface area contributed by atoms with Crippen LogP contribution in [0.25, 0.3) is 0 Å². The molecule has 3 aliphatic heterocycles. The van der Waals surface area contributed by atoms with E-state index < -0.39 is 11.9 Å². The molecule has 0 saturated carbocycles. The molecule has 0 aliphatic carbocycles. The Labute approximate surface area is 234 Å². The Morgan fingerprint density at radius 3 is 2.23 bits per heavy atom. The van der Waals surface area contributed by atoms with Gasteiger partial charge in [0.1, 0.15) is 0 Å². The van der Waals surface area contributed by atoms with Crippen LogP contribution in [0.4, 0.5) is 0 Å². The standard InChI is InChI=1S/C28H36N2O4.C2H2O4/c1-5-17-16-30-9-7-19-13-27(33-3)28(34-4)15-22(19)24(30)11-20(17)10-23-21-14-26(32-2)25(31)12-18(21)6-8-29-23;3-1(4)2(5)6/h12-15,17,20,24,31H,5-11,16H2,1-4H3;(H,3,4)(H,5,6)/t17-,20-,24-;/m0./s1. The summed E-state index contributed by atoms with van der Waals surface area (Å²) >= 11 is 0. The number of aromatic hydroxyl groups is 1. The Kier molecular flexibility index (Phi) is 9.19. The van der Waals surface area contributed by atoms with E-state index in [0.717, 1.165) is 62.4 Å². The quantitative estimate of drug-likeness (QED) is 0.453. The topological polar surface area (TPSA) is 138 Å². The van der Waals surface area contributed by atoms with Gasteiger partial charge in [-0.15, -0.1) is 0 Å². The molecule has 0 unspecified atom stereocenters. The maximum atomic E-state index is 10.3. The van der Waals surface area contributed by atoms with Crippen LogP contribution in [0.15, 0.2) is 29.3 Å². The van der Waals surface area contributed by atoms with Gasteiger partial charge in [0, 0.05) is 37.0 Å². The van der Waals surface area contributed by atoms with Gasteiger partial charge in [-0.3, -0.25) is 9.89 Å². The van der Waals surface area contributed by atoms with Gasteiger partial charge in [-0.25, -0.2) is 9.59 Å². The fraction of sp³-hybridized carbons (Fsp3) is 0.500. The third kappa shape index (κ3) is 6.01. The van der Waals surface area contributed by atoms with Crippen molar-refractivity contribution in [2.24, 2.45) is 16.8 Å². The molecule has 2 aromatic rings. The average Bonchev–Trinajstić information content (AvgIpc) is 2.96. The highest BCUT2D eigenvalue weighted by Crippen LogP contribution is 2.46. The first-order chi connectivity index (χ1) is 19.2. The molecule has 3 aliphatic rings. The minimum absolute atomic E-state index is 0.213. The van der Waals surface area contributed by atoms with Crippen LogP contribution in [0.2, 0.25) is 0 Å². The number of carbonyl (C=O) groups is 2. The molecule has 40 heavy (non-hydrogen) atoms. The Morgan fingerprint density at radius 2 is 1.60 bits per heavy atom. The van der Waals surface area contributed by atoms with Crippen molar-refractivity contribution in [1.29, 1.82) is 0 Å². The number of hydrogen-bond acceptors (Lipinski definition) is 8. The highest BCUT2D eigenvalue weighted by molar-refractivity contribution is 6.27. The molecule has 0 amide bonds. The van der Waals surface area contributed by atoms with Crippen LogP contribution in [0.3, 0.4) is 0 Å². The van der Waals surface area contributed by atoms with Crippen molar-refractivity contribution in [3.8, 4) is 23.0 Å². The third-order valence-corrected chi connectivity index (χ3v) is 8.34. The van der Waals surface area contributed by atoms with Gasteiger partial charge < -0.3 is 29.5 Å². The predicted octanol–water partition coefficient (Wildman–Crippen LogP) is 3.95. The van der Waals surface area contributed by atoms with E-state index in [9.17, 15) is 5.11 Å².